The number of methoxy groups -OCH3 is 2. The molecule has 2 N–H and O–H groups in total. The van der Waals surface area contributed by atoms with Crippen molar-refractivity contribution in [1.82, 2.24) is 24.7 Å². The third kappa shape index (κ3) is 4.72. The summed E-state index contributed by atoms with van der Waals surface area (Å²) in [5.74, 6) is 1.72. The number of sulfonamides is 1. The van der Waals surface area contributed by atoms with Crippen molar-refractivity contribution in [3.8, 4) is 17.2 Å². The van der Waals surface area contributed by atoms with Crippen LogP contribution in [0.4, 0.5) is 5.95 Å². The first-order chi connectivity index (χ1) is 18.6. The summed E-state index contributed by atoms with van der Waals surface area (Å²) in [6.07, 6.45) is 2.55. The van der Waals surface area contributed by atoms with Gasteiger partial charge < -0.3 is 19.3 Å². The van der Waals surface area contributed by atoms with Gasteiger partial charge in [-0.3, -0.25) is 9.29 Å². The Morgan fingerprint density at radius 3 is 2.18 bits per heavy atom. The minimum Gasteiger partial charge on any atom is -0.494 e. The number of nitrogens with zero attached hydrogens (tertiary/aromatic N) is 5. The Bertz CT molecular complexity index is 1410. The van der Waals surface area contributed by atoms with Gasteiger partial charge in [0.25, 0.3) is 0 Å². The number of hydrogen-bond acceptors (Lipinski definition) is 10. The molecule has 0 amide bonds. The summed E-state index contributed by atoms with van der Waals surface area (Å²) >= 11 is 0. The van der Waals surface area contributed by atoms with Gasteiger partial charge in [-0.05, 0) is 63.6 Å². The Morgan fingerprint density at radius 1 is 1.05 bits per heavy atom. The summed E-state index contributed by atoms with van der Waals surface area (Å²) in [6.45, 7) is 7.04. The molecule has 3 aliphatic rings. The van der Waals surface area contributed by atoms with E-state index in [2.05, 4.69) is 24.9 Å². The fourth-order valence-corrected chi connectivity index (χ4v) is 6.33. The van der Waals surface area contributed by atoms with E-state index < -0.39 is 21.4 Å². The second-order valence-electron chi connectivity index (χ2n) is 10.4. The highest BCUT2D eigenvalue weighted by atomic mass is 32.2. The summed E-state index contributed by atoms with van der Waals surface area (Å²) in [4.78, 5) is 8.66. The maximum atomic E-state index is 13.8. The van der Waals surface area contributed by atoms with Crippen LogP contribution in [-0.2, 0) is 14.8 Å². The van der Waals surface area contributed by atoms with E-state index in [1.807, 2.05) is 20.8 Å². The standard InChI is InChI=1S/C26H34N6O6S/c1-13(2)38-23(24-27-11-14(3)12-28-24)15(4)39(34,35)31-26-30-29-25(20-16-10-17(20)22(16)33)32(26)21-18(36-5)8-7-9-19(21)37-6/h7-9,11-13,15-17,20,22-23,33H,10H2,1-6H3,(H,30,31)/t15-,16?,17?,20-,22-,23+/m0/s1. The van der Waals surface area contributed by atoms with Gasteiger partial charge in [0, 0.05) is 18.3 Å². The number of rotatable bonds is 11. The highest BCUT2D eigenvalue weighted by molar-refractivity contribution is 7.93. The molecule has 0 radical (unpaired) electrons. The van der Waals surface area contributed by atoms with Crippen LogP contribution in [0.1, 0.15) is 56.4 Å². The first-order valence-electron chi connectivity index (χ1n) is 12.9. The van der Waals surface area contributed by atoms with Gasteiger partial charge in [0.15, 0.2) is 5.82 Å². The Kier molecular flexibility index (Phi) is 7.25. The summed E-state index contributed by atoms with van der Waals surface area (Å²) in [7, 11) is -1.07. The number of anilines is 1. The van der Waals surface area contributed by atoms with Crippen LogP contribution in [0.5, 0.6) is 11.5 Å². The Morgan fingerprint density at radius 2 is 1.67 bits per heavy atom. The lowest BCUT2D eigenvalue weighted by Gasteiger charge is -2.61. The quantitative estimate of drug-likeness (QED) is 0.359. The molecule has 0 saturated heterocycles. The third-order valence-electron chi connectivity index (χ3n) is 7.58. The predicted molar refractivity (Wildman–Crippen MR) is 143 cm³/mol. The molecule has 3 saturated carbocycles. The largest absolute Gasteiger partial charge is 0.494 e. The lowest BCUT2D eigenvalue weighted by Crippen LogP contribution is -2.62. The number of nitrogens with one attached hydrogen (secondary N) is 1. The number of aryl methyl sites for hydroxylation is 1. The summed E-state index contributed by atoms with van der Waals surface area (Å²) < 4.78 is 49.1. The van der Waals surface area contributed by atoms with E-state index in [4.69, 9.17) is 14.2 Å². The van der Waals surface area contributed by atoms with Gasteiger partial charge in [-0.25, -0.2) is 18.4 Å². The average molecular weight is 559 g/mol. The van der Waals surface area contributed by atoms with Crippen LogP contribution >= 0.6 is 0 Å². The van der Waals surface area contributed by atoms with E-state index >= 15 is 0 Å². The SMILES string of the molecule is COc1cccc(OC)c1-n1c(NS(=O)(=O)[C@@H](C)[C@@H](OC(C)C)c2ncc(C)cn2)nnc1[C@H]1C2CC1[C@H]2O. The van der Waals surface area contributed by atoms with E-state index in [0.717, 1.165) is 12.0 Å². The van der Waals surface area contributed by atoms with Crippen molar-refractivity contribution in [2.45, 2.75) is 63.6 Å². The van der Waals surface area contributed by atoms with Gasteiger partial charge in [0.05, 0.1) is 26.4 Å². The van der Waals surface area contributed by atoms with Gasteiger partial charge in [0.1, 0.15) is 34.4 Å². The number of benzene rings is 1. The van der Waals surface area contributed by atoms with E-state index in [1.54, 1.807) is 42.1 Å². The maximum absolute atomic E-state index is 13.8. The molecule has 39 heavy (non-hydrogen) atoms. The van der Waals surface area contributed by atoms with Gasteiger partial charge in [-0.2, -0.15) is 0 Å². The highest BCUT2D eigenvalue weighted by Crippen LogP contribution is 2.63. The number of para-hydroxylation sites is 1. The van der Waals surface area contributed by atoms with Crippen molar-refractivity contribution in [1.29, 1.82) is 0 Å². The molecule has 2 heterocycles. The number of ether oxygens (including phenoxy) is 3. The van der Waals surface area contributed by atoms with Crippen molar-refractivity contribution in [2.75, 3.05) is 18.9 Å². The molecule has 4 atom stereocenters. The molecular weight excluding hydrogens is 524 g/mol. The molecular formula is C26H34N6O6S. The smallest absolute Gasteiger partial charge is 0.243 e. The molecule has 2 aromatic heterocycles. The topological polar surface area (TPSA) is 151 Å². The second-order valence-corrected chi connectivity index (χ2v) is 12.4. The molecule has 6 rings (SSSR count). The molecule has 13 heteroatoms. The first kappa shape index (κ1) is 27.3. The van der Waals surface area contributed by atoms with Gasteiger partial charge >= 0.3 is 0 Å². The Labute approximate surface area is 227 Å². The average Bonchev–Trinajstić information content (AvgIpc) is 3.26. The Hall–Kier alpha value is -3.29. The molecule has 3 fully saturated rings. The summed E-state index contributed by atoms with van der Waals surface area (Å²) in [5.41, 5.74) is 1.31. The zero-order chi connectivity index (χ0) is 28.1. The number of aliphatic hydroxyl groups excluding tert-OH is 1. The van der Waals surface area contributed by atoms with Crippen molar-refractivity contribution < 1.29 is 27.7 Å². The lowest BCUT2D eigenvalue weighted by molar-refractivity contribution is -0.178. The molecule has 1 aromatic carbocycles. The molecule has 3 aromatic rings. The van der Waals surface area contributed by atoms with Crippen LogP contribution in [-0.4, -0.2) is 69.9 Å². The van der Waals surface area contributed by atoms with Gasteiger partial charge in [-0.1, -0.05) is 6.07 Å². The zero-order valence-electron chi connectivity index (χ0n) is 22.8. The van der Waals surface area contributed by atoms with Crippen LogP contribution < -0.4 is 14.2 Å². The van der Waals surface area contributed by atoms with Crippen LogP contribution in [0.25, 0.3) is 5.69 Å². The van der Waals surface area contributed by atoms with E-state index in [0.29, 0.717) is 23.0 Å². The molecule has 3 aliphatic carbocycles. The highest BCUT2D eigenvalue weighted by Gasteiger charge is 2.63. The molecule has 2 unspecified atom stereocenters. The molecule has 0 spiro atoms. The third-order valence-corrected chi connectivity index (χ3v) is 9.27. The van der Waals surface area contributed by atoms with Crippen LogP contribution in [0, 0.1) is 18.8 Å². The monoisotopic (exact) mass is 558 g/mol. The van der Waals surface area contributed by atoms with Crippen LogP contribution in [0.2, 0.25) is 0 Å². The number of aliphatic hydroxyl groups is 1. The molecule has 2 bridgehead atoms. The van der Waals surface area contributed by atoms with Gasteiger partial charge in [0.2, 0.25) is 16.0 Å². The van der Waals surface area contributed by atoms with E-state index in [1.165, 1.54) is 14.2 Å². The normalized spacial score (nSPS) is 23.5. The van der Waals surface area contributed by atoms with Crippen molar-refractivity contribution in [2.24, 2.45) is 11.8 Å². The van der Waals surface area contributed by atoms with Crippen LogP contribution in [0.3, 0.4) is 0 Å². The second kappa shape index (κ2) is 10.4. The predicted octanol–water partition coefficient (Wildman–Crippen LogP) is 2.77. The molecule has 12 nitrogen and oxygen atoms in total. The molecule has 0 aliphatic heterocycles. The minimum atomic E-state index is -4.11. The summed E-state index contributed by atoms with van der Waals surface area (Å²) in [6, 6.07) is 5.28. The fourth-order valence-electron chi connectivity index (χ4n) is 5.25. The van der Waals surface area contributed by atoms with Crippen molar-refractivity contribution in [3.05, 3.63) is 47.8 Å². The van der Waals surface area contributed by atoms with E-state index in [9.17, 15) is 13.5 Å². The molecule has 210 valence electrons. The zero-order valence-corrected chi connectivity index (χ0v) is 23.6. The maximum Gasteiger partial charge on any atom is 0.243 e. The van der Waals surface area contributed by atoms with Gasteiger partial charge in [-0.15, -0.1) is 10.2 Å². The number of aromatic nitrogens is 5. The minimum absolute atomic E-state index is 0.0199. The summed E-state index contributed by atoms with van der Waals surface area (Å²) in [5, 5.41) is 17.8. The Balaban J connectivity index is 1.56. The van der Waals surface area contributed by atoms with Crippen molar-refractivity contribution >= 4 is 16.0 Å². The first-order valence-corrected chi connectivity index (χ1v) is 14.4. The van der Waals surface area contributed by atoms with Crippen LogP contribution in [0.15, 0.2) is 30.6 Å². The fraction of sp³-hybridized carbons (Fsp3) is 0.538. The lowest BCUT2D eigenvalue weighted by atomic mass is 9.45. The van der Waals surface area contributed by atoms with Crippen molar-refractivity contribution in [3.63, 3.8) is 0 Å². The van der Waals surface area contributed by atoms with E-state index in [-0.39, 0.29) is 41.7 Å². The number of hydrogen-bond donors (Lipinski definition) is 2.